The zero-order valence-corrected chi connectivity index (χ0v) is 6.49. The van der Waals surface area contributed by atoms with Gasteiger partial charge in [-0.15, -0.1) is 13.5 Å². The molecule has 0 amide bonds. The molecule has 0 unspecified atom stereocenters. The van der Waals surface area contributed by atoms with E-state index in [4.69, 9.17) is 9.15 Å². The topological polar surface area (TPSA) is 22.4 Å². The second kappa shape index (κ2) is 4.63. The minimum absolute atomic E-state index is 0.497. The van der Waals surface area contributed by atoms with E-state index in [2.05, 4.69) is 0 Å². The molecule has 0 spiro atoms. The lowest BCUT2D eigenvalue weighted by molar-refractivity contribution is 0.180. The lowest BCUT2D eigenvalue weighted by atomic mass is 10.5. The molecule has 1 heterocycles. The van der Waals surface area contributed by atoms with Crippen LogP contribution in [-0.2, 0) is 11.3 Å². The molecule has 1 aromatic rings. The minimum Gasteiger partial charge on any atom is -0.467 e. The molecular weight excluding hydrogens is 140 g/mol. The molecule has 0 aliphatic carbocycles. The summed E-state index contributed by atoms with van der Waals surface area (Å²) in [6.07, 6.45) is 5.37. The molecule has 0 atom stereocenters. The van der Waals surface area contributed by atoms with Crippen LogP contribution in [0.3, 0.4) is 0 Å². The van der Waals surface area contributed by atoms with E-state index in [-0.39, 0.29) is 0 Å². The summed E-state index contributed by atoms with van der Waals surface area (Å²) >= 11 is 0. The minimum atomic E-state index is 0.497. The van der Waals surface area contributed by atoms with Gasteiger partial charge in [-0.2, -0.15) is 0 Å². The van der Waals surface area contributed by atoms with E-state index < -0.39 is 0 Å². The van der Waals surface area contributed by atoms with E-state index in [1.165, 1.54) is 0 Å². The van der Waals surface area contributed by atoms with Gasteiger partial charge in [0, 0.05) is 0 Å². The first-order valence-electron chi connectivity index (χ1n) is 3.52. The van der Waals surface area contributed by atoms with Crippen molar-refractivity contribution in [3.8, 4) is 0 Å². The van der Waals surface area contributed by atoms with Crippen molar-refractivity contribution in [1.29, 1.82) is 0 Å². The van der Waals surface area contributed by atoms with Gasteiger partial charge in [0.05, 0.1) is 12.9 Å². The van der Waals surface area contributed by atoms with E-state index in [0.717, 1.165) is 5.76 Å². The first-order valence-corrected chi connectivity index (χ1v) is 3.52. The van der Waals surface area contributed by atoms with Crippen LogP contribution in [0, 0.1) is 6.61 Å². The van der Waals surface area contributed by atoms with E-state index in [1.54, 1.807) is 12.9 Å². The molecule has 0 saturated carbocycles. The molecule has 0 radical (unpaired) electrons. The molecule has 0 aliphatic rings. The largest absolute Gasteiger partial charge is 0.467 e. The fraction of sp³-hybridized carbons (Fsp3) is 0.222. The van der Waals surface area contributed by atoms with E-state index in [0.29, 0.717) is 6.61 Å². The third kappa shape index (κ3) is 2.96. The van der Waals surface area contributed by atoms with Gasteiger partial charge in [0.15, 0.2) is 0 Å². The fourth-order valence-corrected chi connectivity index (χ4v) is 0.659. The fourth-order valence-electron chi connectivity index (χ4n) is 0.659. The number of ether oxygens (including phenoxy) is 1. The monoisotopic (exact) mass is 151 g/mol. The zero-order valence-electron chi connectivity index (χ0n) is 6.49. The molecule has 0 fully saturated rings. The number of furan rings is 1. The quantitative estimate of drug-likeness (QED) is 0.487. The van der Waals surface area contributed by atoms with Gasteiger partial charge in [-0.05, 0) is 12.1 Å². The first-order chi connectivity index (χ1) is 5.43. The predicted molar refractivity (Wildman–Crippen MR) is 42.6 cm³/mol. The van der Waals surface area contributed by atoms with Crippen molar-refractivity contribution in [2.45, 2.75) is 13.5 Å². The molecule has 0 saturated heterocycles. The highest BCUT2D eigenvalue weighted by Gasteiger charge is 1.89. The van der Waals surface area contributed by atoms with Crippen molar-refractivity contribution >= 4 is 0 Å². The molecule has 0 bridgehead atoms. The standard InChI is InChI=1S/C9H11O2/c1-2-3-6-10-8-9-5-4-7-11-9/h2-7H,8H2,1H3/q-1/b3-2-. The van der Waals surface area contributed by atoms with Crippen molar-refractivity contribution in [2.24, 2.45) is 0 Å². The van der Waals surface area contributed by atoms with Gasteiger partial charge < -0.3 is 9.15 Å². The molecule has 0 N–H and O–H groups in total. The van der Waals surface area contributed by atoms with Gasteiger partial charge in [-0.1, -0.05) is 0 Å². The second-order valence-electron chi connectivity index (χ2n) is 2.05. The Bertz CT molecular complexity index is 199. The summed E-state index contributed by atoms with van der Waals surface area (Å²) in [5.41, 5.74) is 0. The van der Waals surface area contributed by atoms with Crippen LogP contribution in [0.4, 0.5) is 0 Å². The van der Waals surface area contributed by atoms with Crippen LogP contribution < -0.4 is 0 Å². The van der Waals surface area contributed by atoms with E-state index in [1.807, 2.05) is 31.2 Å². The maximum Gasteiger partial charge on any atom is 0.127 e. The highest BCUT2D eigenvalue weighted by Crippen LogP contribution is 2.02. The Hall–Kier alpha value is -1.15. The summed E-state index contributed by atoms with van der Waals surface area (Å²) in [4.78, 5) is 0. The maximum absolute atomic E-state index is 5.11. The molecule has 11 heavy (non-hydrogen) atoms. The summed E-state index contributed by atoms with van der Waals surface area (Å²) in [6.45, 7) is 4.08. The summed E-state index contributed by atoms with van der Waals surface area (Å²) < 4.78 is 10.2. The smallest absolute Gasteiger partial charge is 0.127 e. The molecule has 0 aliphatic heterocycles. The number of allylic oxidation sites excluding steroid dienone is 1. The van der Waals surface area contributed by atoms with Gasteiger partial charge in [0.2, 0.25) is 0 Å². The SMILES string of the molecule is C/C=C\[CH-]OCc1ccco1. The number of rotatable bonds is 4. The summed E-state index contributed by atoms with van der Waals surface area (Å²) in [7, 11) is 0. The molecule has 1 rings (SSSR count). The van der Waals surface area contributed by atoms with Gasteiger partial charge in [-0.25, -0.2) is 12.2 Å². The molecular formula is C9H11O2-. The van der Waals surface area contributed by atoms with Crippen LogP contribution in [0.1, 0.15) is 12.7 Å². The molecule has 2 heteroatoms. The van der Waals surface area contributed by atoms with Crippen molar-refractivity contribution in [1.82, 2.24) is 0 Å². The molecule has 0 aromatic carbocycles. The Morgan fingerprint density at radius 1 is 1.73 bits per heavy atom. The Labute approximate surface area is 66.5 Å². The highest BCUT2D eigenvalue weighted by molar-refractivity contribution is 4.96. The highest BCUT2D eigenvalue weighted by atomic mass is 16.5. The van der Waals surface area contributed by atoms with Crippen LogP contribution in [0.2, 0.25) is 0 Å². The van der Waals surface area contributed by atoms with Crippen LogP contribution in [0.15, 0.2) is 35.0 Å². The Morgan fingerprint density at radius 2 is 2.64 bits per heavy atom. The van der Waals surface area contributed by atoms with Crippen LogP contribution in [0.25, 0.3) is 0 Å². The predicted octanol–water partition coefficient (Wildman–Crippen LogP) is 2.53. The van der Waals surface area contributed by atoms with Gasteiger partial charge in [-0.3, -0.25) is 0 Å². The van der Waals surface area contributed by atoms with E-state index in [9.17, 15) is 0 Å². The molecule has 1 aromatic heterocycles. The van der Waals surface area contributed by atoms with Crippen LogP contribution >= 0.6 is 0 Å². The lowest BCUT2D eigenvalue weighted by Crippen LogP contribution is -1.84. The zero-order chi connectivity index (χ0) is 7.94. The van der Waals surface area contributed by atoms with Crippen LogP contribution in [0.5, 0.6) is 0 Å². The molecule has 2 nitrogen and oxygen atoms in total. The number of hydrogen-bond donors (Lipinski definition) is 0. The maximum atomic E-state index is 5.11. The van der Waals surface area contributed by atoms with Gasteiger partial charge >= 0.3 is 0 Å². The Kier molecular flexibility index (Phi) is 3.35. The van der Waals surface area contributed by atoms with Gasteiger partial charge in [0.25, 0.3) is 0 Å². The third-order valence-corrected chi connectivity index (χ3v) is 1.17. The Morgan fingerprint density at radius 3 is 3.27 bits per heavy atom. The lowest BCUT2D eigenvalue weighted by Gasteiger charge is -2.02. The van der Waals surface area contributed by atoms with Crippen LogP contribution in [-0.4, -0.2) is 0 Å². The van der Waals surface area contributed by atoms with Crippen molar-refractivity contribution in [3.05, 3.63) is 42.9 Å². The number of hydrogen-bond acceptors (Lipinski definition) is 2. The normalized spacial score (nSPS) is 10.6. The molecule has 60 valence electrons. The van der Waals surface area contributed by atoms with Crippen molar-refractivity contribution in [3.63, 3.8) is 0 Å². The van der Waals surface area contributed by atoms with Crippen molar-refractivity contribution in [2.75, 3.05) is 0 Å². The van der Waals surface area contributed by atoms with E-state index >= 15 is 0 Å². The average Bonchev–Trinajstić information content (AvgIpc) is 2.50. The van der Waals surface area contributed by atoms with Gasteiger partial charge in [0.1, 0.15) is 5.76 Å². The second-order valence-corrected chi connectivity index (χ2v) is 2.05. The summed E-state index contributed by atoms with van der Waals surface area (Å²) in [5, 5.41) is 0. The summed E-state index contributed by atoms with van der Waals surface area (Å²) in [5.74, 6) is 0.839. The average molecular weight is 151 g/mol. The van der Waals surface area contributed by atoms with Crippen molar-refractivity contribution < 1.29 is 9.15 Å². The summed E-state index contributed by atoms with van der Waals surface area (Å²) in [6, 6.07) is 3.72. The Balaban J connectivity index is 2.14. The third-order valence-electron chi connectivity index (χ3n) is 1.17. The first kappa shape index (κ1) is 7.95.